The fraction of sp³-hybridized carbons (Fsp3) is 0.500. The summed E-state index contributed by atoms with van der Waals surface area (Å²) in [6.07, 6.45) is 7.33. The number of carbonyl (C=O) groups excluding carboxylic acids is 1. The minimum atomic E-state index is -0.464. The highest BCUT2D eigenvalue weighted by atomic mass is 79.9. The zero-order valence-electron chi connectivity index (χ0n) is 20.9. The molecule has 6 nitrogen and oxygen atoms in total. The monoisotopic (exact) mass is 590 g/mol. The maximum Gasteiger partial charge on any atom is 0.188 e. The van der Waals surface area contributed by atoms with E-state index in [1.807, 2.05) is 16.7 Å². The summed E-state index contributed by atoms with van der Waals surface area (Å²) in [5.74, 6) is -0.133. The first kappa shape index (κ1) is 26.8. The van der Waals surface area contributed by atoms with Gasteiger partial charge in [-0.15, -0.1) is 0 Å². The van der Waals surface area contributed by atoms with Gasteiger partial charge in [0.25, 0.3) is 0 Å². The maximum absolute atomic E-state index is 16.0. The van der Waals surface area contributed by atoms with Crippen LogP contribution < -0.4 is 10.6 Å². The second-order valence-electron chi connectivity index (χ2n) is 10.1. The lowest BCUT2D eigenvalue weighted by molar-refractivity contribution is 0.0738. The molecule has 198 valence electrons. The van der Waals surface area contributed by atoms with Crippen molar-refractivity contribution in [2.45, 2.75) is 51.1 Å². The fourth-order valence-electron chi connectivity index (χ4n) is 4.91. The largest absolute Gasteiger partial charge is 0.373 e. The van der Waals surface area contributed by atoms with E-state index in [-0.39, 0.29) is 24.3 Å². The Morgan fingerprint density at radius 2 is 2.05 bits per heavy atom. The molecule has 1 saturated carbocycles. The molecule has 1 saturated heterocycles. The number of Topliss-reactive ketones (excluding diaryl/α,β-unsaturated/α-hetero) is 1. The standard InChI is InChI=1S/C28H33BrClFN4O2/c29-20-5-4-19(24(30)13-20)12-23-22(26(36)16-37-15-18-2-3-18)14-25-28(27(23)31)34-17-35(25)11-1-8-33-21-6-9-32-10-7-21/h4-5,13-14,17-18,21,32-33H,1-3,6-12,15-16H2. The molecule has 0 unspecified atom stereocenters. The molecule has 0 bridgehead atoms. The van der Waals surface area contributed by atoms with Gasteiger partial charge in [-0.1, -0.05) is 33.6 Å². The Labute approximate surface area is 230 Å². The van der Waals surface area contributed by atoms with Crippen molar-refractivity contribution in [3.63, 3.8) is 0 Å². The van der Waals surface area contributed by atoms with Crippen molar-refractivity contribution in [3.8, 4) is 0 Å². The number of carbonyl (C=O) groups is 1. The van der Waals surface area contributed by atoms with Gasteiger partial charge in [0.05, 0.1) is 18.5 Å². The van der Waals surface area contributed by atoms with Gasteiger partial charge >= 0.3 is 0 Å². The van der Waals surface area contributed by atoms with E-state index in [4.69, 9.17) is 16.3 Å². The molecule has 2 N–H and O–H groups in total. The summed E-state index contributed by atoms with van der Waals surface area (Å²) in [6, 6.07) is 7.83. The lowest BCUT2D eigenvalue weighted by Crippen LogP contribution is -2.40. The average Bonchev–Trinajstić information content (AvgIpc) is 3.63. The van der Waals surface area contributed by atoms with Gasteiger partial charge in [0, 0.05) is 39.6 Å². The number of halogens is 3. The summed E-state index contributed by atoms with van der Waals surface area (Å²) in [5, 5.41) is 7.52. The highest BCUT2D eigenvalue weighted by Gasteiger charge is 2.25. The number of hydrogen-bond acceptors (Lipinski definition) is 5. The third-order valence-electron chi connectivity index (χ3n) is 7.27. The lowest BCUT2D eigenvalue weighted by Gasteiger charge is -2.23. The van der Waals surface area contributed by atoms with Gasteiger partial charge in [-0.25, -0.2) is 9.37 Å². The molecule has 3 aromatic rings. The number of imidazole rings is 1. The molecule has 37 heavy (non-hydrogen) atoms. The number of aryl methyl sites for hydroxylation is 1. The number of fused-ring (bicyclic) bond motifs is 1. The Morgan fingerprint density at radius 3 is 2.81 bits per heavy atom. The summed E-state index contributed by atoms with van der Waals surface area (Å²) >= 11 is 9.86. The summed E-state index contributed by atoms with van der Waals surface area (Å²) in [5.41, 5.74) is 2.32. The Hall–Kier alpha value is -1.84. The molecule has 2 aliphatic rings. The molecule has 5 rings (SSSR count). The molecule has 2 fully saturated rings. The Balaban J connectivity index is 1.37. The molecule has 2 heterocycles. The van der Waals surface area contributed by atoms with Crippen LogP contribution in [0.5, 0.6) is 0 Å². The number of piperidine rings is 1. The van der Waals surface area contributed by atoms with Crippen LogP contribution in [-0.4, -0.2) is 54.2 Å². The van der Waals surface area contributed by atoms with E-state index in [1.54, 1.807) is 18.5 Å². The smallest absolute Gasteiger partial charge is 0.188 e. The first-order chi connectivity index (χ1) is 18.0. The quantitative estimate of drug-likeness (QED) is 0.214. The third kappa shape index (κ3) is 6.79. The van der Waals surface area contributed by atoms with Gasteiger partial charge < -0.3 is 19.9 Å². The average molecular weight is 592 g/mol. The Morgan fingerprint density at radius 1 is 1.24 bits per heavy atom. The normalized spacial score (nSPS) is 16.5. The number of aromatic nitrogens is 2. The van der Waals surface area contributed by atoms with Crippen molar-refractivity contribution in [2.75, 3.05) is 32.8 Å². The minimum Gasteiger partial charge on any atom is -0.373 e. The Kier molecular flexibility index (Phi) is 8.93. The molecule has 0 amide bonds. The van der Waals surface area contributed by atoms with E-state index in [0.717, 1.165) is 61.8 Å². The van der Waals surface area contributed by atoms with Crippen molar-refractivity contribution in [2.24, 2.45) is 5.92 Å². The molecule has 1 aromatic heterocycles. The number of hydrogen-bond donors (Lipinski definition) is 2. The number of nitrogens with one attached hydrogen (secondary N) is 2. The molecule has 0 spiro atoms. The molecule has 0 radical (unpaired) electrons. The van der Waals surface area contributed by atoms with Gasteiger partial charge in [0.2, 0.25) is 0 Å². The van der Waals surface area contributed by atoms with Gasteiger partial charge in [-0.05, 0) is 81.4 Å². The summed E-state index contributed by atoms with van der Waals surface area (Å²) in [7, 11) is 0. The van der Waals surface area contributed by atoms with Crippen LogP contribution in [0.1, 0.15) is 53.6 Å². The van der Waals surface area contributed by atoms with Crippen LogP contribution in [0.15, 0.2) is 35.1 Å². The Bertz CT molecular complexity index is 1260. The fourth-order valence-corrected chi connectivity index (χ4v) is 5.65. The van der Waals surface area contributed by atoms with Crippen LogP contribution in [0.3, 0.4) is 0 Å². The highest BCUT2D eigenvalue weighted by Crippen LogP contribution is 2.31. The maximum atomic E-state index is 16.0. The van der Waals surface area contributed by atoms with E-state index in [0.29, 0.717) is 46.8 Å². The first-order valence-electron chi connectivity index (χ1n) is 13.1. The summed E-state index contributed by atoms with van der Waals surface area (Å²) < 4.78 is 24.4. The van der Waals surface area contributed by atoms with E-state index in [9.17, 15) is 4.79 Å². The SMILES string of the molecule is O=C(COCC1CC1)c1cc2c(ncn2CCCNC2CCNCC2)c(F)c1Cc1ccc(Br)cc1Cl. The molecule has 2 aromatic carbocycles. The van der Waals surface area contributed by atoms with Crippen molar-refractivity contribution >= 4 is 44.3 Å². The second-order valence-corrected chi connectivity index (χ2v) is 11.5. The number of rotatable bonds is 12. The number of benzene rings is 2. The molecule has 1 aliphatic carbocycles. The number of ketones is 1. The van der Waals surface area contributed by atoms with E-state index < -0.39 is 5.82 Å². The van der Waals surface area contributed by atoms with Crippen LogP contribution >= 0.6 is 27.5 Å². The minimum absolute atomic E-state index is 0.0587. The van der Waals surface area contributed by atoms with E-state index >= 15 is 4.39 Å². The third-order valence-corrected chi connectivity index (χ3v) is 8.12. The number of ether oxygens (including phenoxy) is 1. The van der Waals surface area contributed by atoms with Gasteiger partial charge in [0.1, 0.15) is 12.1 Å². The van der Waals surface area contributed by atoms with E-state index in [2.05, 4.69) is 31.5 Å². The predicted octanol–water partition coefficient (Wildman–Crippen LogP) is 5.52. The molecule has 9 heteroatoms. The van der Waals surface area contributed by atoms with Gasteiger partial charge in [0.15, 0.2) is 11.6 Å². The van der Waals surface area contributed by atoms with Crippen molar-refractivity contribution in [1.82, 2.24) is 20.2 Å². The van der Waals surface area contributed by atoms with Crippen LogP contribution in [0.4, 0.5) is 4.39 Å². The summed E-state index contributed by atoms with van der Waals surface area (Å²) in [6.45, 7) is 4.20. The number of nitrogens with zero attached hydrogens (tertiary/aromatic N) is 2. The highest BCUT2D eigenvalue weighted by molar-refractivity contribution is 9.10. The van der Waals surface area contributed by atoms with Crippen molar-refractivity contribution in [3.05, 3.63) is 62.6 Å². The second kappa shape index (κ2) is 12.3. The van der Waals surface area contributed by atoms with E-state index in [1.165, 1.54) is 0 Å². The van der Waals surface area contributed by atoms with Crippen LogP contribution in [-0.2, 0) is 17.7 Å². The van der Waals surface area contributed by atoms with Crippen molar-refractivity contribution in [1.29, 1.82) is 0 Å². The van der Waals surface area contributed by atoms with Gasteiger partial charge in [-0.3, -0.25) is 4.79 Å². The van der Waals surface area contributed by atoms with Crippen LogP contribution in [0, 0.1) is 11.7 Å². The first-order valence-corrected chi connectivity index (χ1v) is 14.3. The predicted molar refractivity (Wildman–Crippen MR) is 148 cm³/mol. The molecular formula is C28H33BrClFN4O2. The summed E-state index contributed by atoms with van der Waals surface area (Å²) in [4.78, 5) is 17.7. The zero-order valence-corrected chi connectivity index (χ0v) is 23.2. The zero-order chi connectivity index (χ0) is 25.8. The van der Waals surface area contributed by atoms with Crippen molar-refractivity contribution < 1.29 is 13.9 Å². The van der Waals surface area contributed by atoms with Crippen LogP contribution in [0.2, 0.25) is 5.02 Å². The molecule has 0 atom stereocenters. The van der Waals surface area contributed by atoms with Gasteiger partial charge in [-0.2, -0.15) is 0 Å². The topological polar surface area (TPSA) is 68.2 Å². The molecule has 1 aliphatic heterocycles. The molecular weight excluding hydrogens is 559 g/mol. The lowest BCUT2D eigenvalue weighted by atomic mass is 9.95. The van der Waals surface area contributed by atoms with Crippen LogP contribution in [0.25, 0.3) is 11.0 Å².